The van der Waals surface area contributed by atoms with Gasteiger partial charge in [0.05, 0.1) is 18.1 Å². The lowest BCUT2D eigenvalue weighted by Crippen LogP contribution is -2.34. The second-order valence-corrected chi connectivity index (χ2v) is 7.35. The van der Waals surface area contributed by atoms with E-state index in [9.17, 15) is 4.79 Å². The summed E-state index contributed by atoms with van der Waals surface area (Å²) in [7, 11) is 1.67. The maximum atomic E-state index is 12.1. The van der Waals surface area contributed by atoms with Crippen molar-refractivity contribution in [3.8, 4) is 5.75 Å². The maximum absolute atomic E-state index is 12.1. The van der Waals surface area contributed by atoms with Gasteiger partial charge in [-0.05, 0) is 49.1 Å². The van der Waals surface area contributed by atoms with Crippen LogP contribution in [0.15, 0.2) is 48.5 Å². The third-order valence-electron chi connectivity index (χ3n) is 5.33. The van der Waals surface area contributed by atoms with Gasteiger partial charge in [0.25, 0.3) is 0 Å². The third kappa shape index (κ3) is 4.59. The van der Waals surface area contributed by atoms with Gasteiger partial charge in [-0.3, -0.25) is 4.79 Å². The number of nitrogens with one attached hydrogen (secondary N) is 1. The summed E-state index contributed by atoms with van der Waals surface area (Å²) in [6.45, 7) is 2.07. The van der Waals surface area contributed by atoms with Gasteiger partial charge in [0.2, 0.25) is 5.91 Å². The third-order valence-corrected chi connectivity index (χ3v) is 5.33. The first-order valence-corrected chi connectivity index (χ1v) is 10.2. The van der Waals surface area contributed by atoms with Crippen molar-refractivity contribution in [1.29, 1.82) is 0 Å². The van der Waals surface area contributed by atoms with Gasteiger partial charge in [0, 0.05) is 26.1 Å². The largest absolute Gasteiger partial charge is 0.497 e. The van der Waals surface area contributed by atoms with E-state index in [4.69, 9.17) is 14.5 Å². The molecule has 1 amide bonds. The lowest BCUT2D eigenvalue weighted by atomic mass is 10.2. The number of para-hydroxylation sites is 2. The molecule has 1 aliphatic heterocycles. The van der Waals surface area contributed by atoms with Gasteiger partial charge in [-0.1, -0.05) is 24.3 Å². The van der Waals surface area contributed by atoms with E-state index in [-0.39, 0.29) is 12.0 Å². The van der Waals surface area contributed by atoms with Crippen LogP contribution >= 0.6 is 0 Å². The molecule has 1 atom stereocenters. The number of hydrogen-bond acceptors (Lipinski definition) is 4. The standard InChI is InChI=1S/C23H27N3O3/c1-28-18-12-10-17(11-13-18)16-26-20-7-3-2-6-19(20)25-22(26)9-4-14-24-23(27)21-8-5-15-29-21/h2-3,6-7,10-13,21H,4-5,8-9,14-16H2,1H3,(H,24,27). The highest BCUT2D eigenvalue weighted by Gasteiger charge is 2.22. The number of carbonyl (C=O) groups excluding carboxylic acids is 1. The zero-order valence-corrected chi connectivity index (χ0v) is 16.8. The number of rotatable bonds is 8. The summed E-state index contributed by atoms with van der Waals surface area (Å²) in [5.41, 5.74) is 3.32. The van der Waals surface area contributed by atoms with E-state index in [1.165, 1.54) is 5.56 Å². The molecule has 0 radical (unpaired) electrons. The van der Waals surface area contributed by atoms with E-state index in [2.05, 4.69) is 28.1 Å². The van der Waals surface area contributed by atoms with Gasteiger partial charge < -0.3 is 19.4 Å². The Morgan fingerprint density at radius 2 is 2.07 bits per heavy atom. The van der Waals surface area contributed by atoms with Gasteiger partial charge in [-0.25, -0.2) is 4.98 Å². The fourth-order valence-corrected chi connectivity index (χ4v) is 3.76. The van der Waals surface area contributed by atoms with Crippen LogP contribution < -0.4 is 10.1 Å². The minimum absolute atomic E-state index is 0.00855. The molecule has 1 fully saturated rings. The van der Waals surface area contributed by atoms with Crippen LogP contribution in [0.4, 0.5) is 0 Å². The highest BCUT2D eigenvalue weighted by Crippen LogP contribution is 2.20. The molecule has 6 nitrogen and oxygen atoms in total. The van der Waals surface area contributed by atoms with E-state index >= 15 is 0 Å². The van der Waals surface area contributed by atoms with E-state index in [0.29, 0.717) is 13.2 Å². The van der Waals surface area contributed by atoms with Crippen molar-refractivity contribution in [3.05, 3.63) is 59.9 Å². The summed E-state index contributed by atoms with van der Waals surface area (Å²) in [5.74, 6) is 1.90. The van der Waals surface area contributed by atoms with Crippen LogP contribution in [0.5, 0.6) is 5.75 Å². The number of aromatic nitrogens is 2. The topological polar surface area (TPSA) is 65.4 Å². The summed E-state index contributed by atoms with van der Waals surface area (Å²) in [6.07, 6.45) is 3.16. The van der Waals surface area contributed by atoms with Crippen molar-refractivity contribution < 1.29 is 14.3 Å². The molecule has 2 aromatic carbocycles. The van der Waals surface area contributed by atoms with Crippen LogP contribution in [0.3, 0.4) is 0 Å². The summed E-state index contributed by atoms with van der Waals surface area (Å²) in [6, 6.07) is 16.3. The summed E-state index contributed by atoms with van der Waals surface area (Å²) in [5, 5.41) is 3.00. The van der Waals surface area contributed by atoms with Crippen molar-refractivity contribution in [2.75, 3.05) is 20.3 Å². The fraction of sp³-hybridized carbons (Fsp3) is 0.391. The first-order chi connectivity index (χ1) is 14.2. The number of hydrogen-bond donors (Lipinski definition) is 1. The van der Waals surface area contributed by atoms with Crippen molar-refractivity contribution in [1.82, 2.24) is 14.9 Å². The molecule has 29 heavy (non-hydrogen) atoms. The number of carbonyl (C=O) groups is 1. The van der Waals surface area contributed by atoms with Gasteiger partial charge in [0.15, 0.2) is 0 Å². The van der Waals surface area contributed by atoms with Crippen LogP contribution in [-0.4, -0.2) is 41.8 Å². The molecule has 1 unspecified atom stereocenters. The molecule has 2 heterocycles. The Bertz CT molecular complexity index is 959. The zero-order valence-electron chi connectivity index (χ0n) is 16.8. The molecule has 1 aliphatic rings. The molecule has 0 bridgehead atoms. The van der Waals surface area contributed by atoms with Crippen molar-refractivity contribution >= 4 is 16.9 Å². The SMILES string of the molecule is COc1ccc(Cn2c(CCCNC(=O)C3CCCO3)nc3ccccc32)cc1. The van der Waals surface area contributed by atoms with Gasteiger partial charge >= 0.3 is 0 Å². The molecule has 0 spiro atoms. The lowest BCUT2D eigenvalue weighted by Gasteiger charge is -2.12. The Morgan fingerprint density at radius 1 is 1.24 bits per heavy atom. The average Bonchev–Trinajstić information content (AvgIpc) is 3.41. The molecule has 1 N–H and O–H groups in total. The molecule has 4 rings (SSSR count). The number of fused-ring (bicyclic) bond motifs is 1. The Kier molecular flexibility index (Phi) is 6.10. The highest BCUT2D eigenvalue weighted by atomic mass is 16.5. The van der Waals surface area contributed by atoms with E-state index in [1.807, 2.05) is 30.3 Å². The van der Waals surface area contributed by atoms with E-state index in [1.54, 1.807) is 7.11 Å². The highest BCUT2D eigenvalue weighted by molar-refractivity contribution is 5.80. The number of ether oxygens (including phenoxy) is 2. The van der Waals surface area contributed by atoms with Crippen molar-refractivity contribution in [2.24, 2.45) is 0 Å². The molecular weight excluding hydrogens is 366 g/mol. The molecule has 0 saturated carbocycles. The predicted octanol–water partition coefficient (Wildman–Crippen LogP) is 3.32. The number of aryl methyl sites for hydroxylation is 1. The monoisotopic (exact) mass is 393 g/mol. The van der Waals surface area contributed by atoms with Crippen LogP contribution in [0.2, 0.25) is 0 Å². The van der Waals surface area contributed by atoms with Crippen LogP contribution in [0.1, 0.15) is 30.7 Å². The van der Waals surface area contributed by atoms with Gasteiger partial charge in [-0.15, -0.1) is 0 Å². The Hall–Kier alpha value is -2.86. The zero-order chi connectivity index (χ0) is 20.1. The van der Waals surface area contributed by atoms with Crippen LogP contribution in [0, 0.1) is 0 Å². The average molecular weight is 393 g/mol. The Morgan fingerprint density at radius 3 is 2.83 bits per heavy atom. The molecule has 152 valence electrons. The normalized spacial score (nSPS) is 16.2. The fourth-order valence-electron chi connectivity index (χ4n) is 3.76. The molecule has 6 heteroatoms. The smallest absolute Gasteiger partial charge is 0.249 e. The quantitative estimate of drug-likeness (QED) is 0.596. The molecular formula is C23H27N3O3. The first-order valence-electron chi connectivity index (χ1n) is 10.2. The van der Waals surface area contributed by atoms with Crippen molar-refractivity contribution in [2.45, 2.75) is 38.3 Å². The summed E-state index contributed by atoms with van der Waals surface area (Å²) in [4.78, 5) is 16.9. The Labute approximate surface area is 170 Å². The minimum atomic E-state index is -0.269. The van der Waals surface area contributed by atoms with Crippen molar-refractivity contribution in [3.63, 3.8) is 0 Å². The Balaban J connectivity index is 1.43. The molecule has 3 aromatic rings. The second kappa shape index (κ2) is 9.09. The number of imidazole rings is 1. The van der Waals surface area contributed by atoms with Crippen LogP contribution in [-0.2, 0) is 22.5 Å². The number of methoxy groups -OCH3 is 1. The number of amides is 1. The molecule has 1 saturated heterocycles. The molecule has 1 aromatic heterocycles. The van der Waals surface area contributed by atoms with E-state index < -0.39 is 0 Å². The number of benzene rings is 2. The molecule has 0 aliphatic carbocycles. The first kappa shape index (κ1) is 19.5. The summed E-state index contributed by atoms with van der Waals surface area (Å²) >= 11 is 0. The van der Waals surface area contributed by atoms with Gasteiger partial charge in [-0.2, -0.15) is 0 Å². The maximum Gasteiger partial charge on any atom is 0.249 e. The predicted molar refractivity (Wildman–Crippen MR) is 112 cm³/mol. The number of nitrogens with zero attached hydrogens (tertiary/aromatic N) is 2. The van der Waals surface area contributed by atoms with E-state index in [0.717, 1.165) is 54.8 Å². The lowest BCUT2D eigenvalue weighted by molar-refractivity contribution is -0.130. The second-order valence-electron chi connectivity index (χ2n) is 7.35. The summed E-state index contributed by atoms with van der Waals surface area (Å²) < 4.78 is 13.0. The van der Waals surface area contributed by atoms with Gasteiger partial charge in [0.1, 0.15) is 17.7 Å². The van der Waals surface area contributed by atoms with Crippen LogP contribution in [0.25, 0.3) is 11.0 Å². The minimum Gasteiger partial charge on any atom is -0.497 e.